The molecule has 40 heavy (non-hydrogen) atoms. The number of ketones is 1. The first kappa shape index (κ1) is 26.9. The summed E-state index contributed by atoms with van der Waals surface area (Å²) in [5, 5.41) is 5.75. The second-order valence-corrected chi connectivity index (χ2v) is 9.97. The van der Waals surface area contributed by atoms with E-state index in [1.165, 1.54) is 6.08 Å². The number of nitrogens with zero attached hydrogens (tertiary/aromatic N) is 1. The lowest BCUT2D eigenvalue weighted by Crippen LogP contribution is -2.20. The minimum absolute atomic E-state index is 0.219. The second kappa shape index (κ2) is 12.0. The van der Waals surface area contributed by atoms with Crippen LogP contribution in [-0.2, 0) is 9.59 Å². The smallest absolute Gasteiger partial charge is 0.290 e. The maximum Gasteiger partial charge on any atom is 0.290 e. The van der Waals surface area contributed by atoms with Gasteiger partial charge in [0.1, 0.15) is 10.9 Å². The van der Waals surface area contributed by atoms with Crippen molar-refractivity contribution in [2.75, 3.05) is 11.9 Å². The highest BCUT2D eigenvalue weighted by Gasteiger charge is 2.24. The third kappa shape index (κ3) is 6.63. The number of amides is 3. The number of fused-ring (bicyclic) bond motifs is 1. The number of hydrogen-bond donors (Lipinski definition) is 2. The Balaban J connectivity index is 1.13. The van der Waals surface area contributed by atoms with E-state index in [1.807, 2.05) is 30.3 Å². The van der Waals surface area contributed by atoms with E-state index in [-0.39, 0.29) is 18.3 Å². The van der Waals surface area contributed by atoms with E-state index >= 15 is 0 Å². The van der Waals surface area contributed by atoms with Gasteiger partial charge in [-0.15, -0.1) is 0 Å². The van der Waals surface area contributed by atoms with Crippen LogP contribution < -0.4 is 15.4 Å². The largest absolute Gasteiger partial charge is 0.484 e. The number of thioether (sulfide) groups is 1. The van der Waals surface area contributed by atoms with Crippen molar-refractivity contribution in [2.24, 2.45) is 0 Å². The first-order valence-electron chi connectivity index (χ1n) is 12.0. The van der Waals surface area contributed by atoms with Gasteiger partial charge in [0.25, 0.3) is 17.1 Å². The number of ether oxygens (including phenoxy) is 1. The normalized spacial score (nSPS) is 14.1. The zero-order valence-corrected chi connectivity index (χ0v) is 22.3. The molecule has 3 aromatic carbocycles. The van der Waals surface area contributed by atoms with Gasteiger partial charge >= 0.3 is 0 Å². The highest BCUT2D eigenvalue weighted by Crippen LogP contribution is 2.26. The number of rotatable bonds is 8. The summed E-state index contributed by atoms with van der Waals surface area (Å²) >= 11 is 7.10. The van der Waals surface area contributed by atoms with Crippen molar-refractivity contribution in [1.82, 2.24) is 10.3 Å². The Kier molecular flexibility index (Phi) is 8.04. The topological polar surface area (TPSA) is 114 Å². The van der Waals surface area contributed by atoms with Gasteiger partial charge in [-0.05, 0) is 84.1 Å². The summed E-state index contributed by atoms with van der Waals surface area (Å²) in [6.07, 6.45) is 4.66. The number of pyridine rings is 1. The monoisotopic (exact) mass is 569 g/mol. The van der Waals surface area contributed by atoms with E-state index < -0.39 is 11.1 Å². The molecule has 8 nitrogen and oxygen atoms in total. The lowest BCUT2D eigenvalue weighted by atomic mass is 10.1. The van der Waals surface area contributed by atoms with Crippen molar-refractivity contribution in [2.45, 2.75) is 0 Å². The number of halogens is 1. The number of imide groups is 1. The van der Waals surface area contributed by atoms with Gasteiger partial charge in [-0.1, -0.05) is 41.9 Å². The van der Waals surface area contributed by atoms with E-state index in [0.29, 0.717) is 38.2 Å². The molecule has 1 aromatic heterocycles. The maximum absolute atomic E-state index is 12.6. The van der Waals surface area contributed by atoms with Gasteiger partial charge in [-0.2, -0.15) is 0 Å². The summed E-state index contributed by atoms with van der Waals surface area (Å²) in [4.78, 5) is 52.5. The van der Waals surface area contributed by atoms with Gasteiger partial charge in [-0.3, -0.25) is 24.5 Å². The fourth-order valence-corrected chi connectivity index (χ4v) is 4.67. The predicted molar refractivity (Wildman–Crippen MR) is 156 cm³/mol. The summed E-state index contributed by atoms with van der Waals surface area (Å²) in [5.41, 5.74) is 3.09. The predicted octanol–water partition coefficient (Wildman–Crippen LogP) is 6.13. The molecule has 1 saturated heterocycles. The third-order valence-corrected chi connectivity index (χ3v) is 6.88. The van der Waals surface area contributed by atoms with E-state index in [2.05, 4.69) is 15.6 Å². The number of benzene rings is 3. The molecule has 0 saturated carbocycles. The Morgan fingerprint density at radius 3 is 2.48 bits per heavy atom. The maximum atomic E-state index is 12.6. The first-order valence-corrected chi connectivity index (χ1v) is 13.2. The highest BCUT2D eigenvalue weighted by molar-refractivity contribution is 8.18. The molecule has 0 unspecified atom stereocenters. The molecule has 0 bridgehead atoms. The van der Waals surface area contributed by atoms with Crippen LogP contribution >= 0.6 is 23.4 Å². The van der Waals surface area contributed by atoms with E-state index in [1.54, 1.807) is 60.7 Å². The molecule has 0 radical (unpaired) electrons. The quantitative estimate of drug-likeness (QED) is 0.149. The molecular weight excluding hydrogens is 550 g/mol. The van der Waals surface area contributed by atoms with Crippen LogP contribution in [-0.4, -0.2) is 34.4 Å². The summed E-state index contributed by atoms with van der Waals surface area (Å²) in [6.45, 7) is -0.225. The van der Waals surface area contributed by atoms with E-state index in [4.69, 9.17) is 16.3 Å². The van der Waals surface area contributed by atoms with Crippen LogP contribution in [0.15, 0.2) is 89.8 Å². The van der Waals surface area contributed by atoms with E-state index in [9.17, 15) is 19.2 Å². The Morgan fingerprint density at radius 1 is 1.00 bits per heavy atom. The molecule has 198 valence electrons. The van der Waals surface area contributed by atoms with Crippen molar-refractivity contribution in [3.05, 3.63) is 112 Å². The Labute approximate surface area is 238 Å². The van der Waals surface area contributed by atoms with Crippen molar-refractivity contribution < 1.29 is 23.9 Å². The molecule has 1 aliphatic rings. The van der Waals surface area contributed by atoms with Crippen molar-refractivity contribution in [3.8, 4) is 5.75 Å². The highest BCUT2D eigenvalue weighted by atomic mass is 35.5. The van der Waals surface area contributed by atoms with Gasteiger partial charge < -0.3 is 10.1 Å². The molecule has 1 fully saturated rings. The first-order chi connectivity index (χ1) is 19.3. The fourth-order valence-electron chi connectivity index (χ4n) is 3.78. The molecule has 0 atom stereocenters. The number of aromatic nitrogens is 1. The van der Waals surface area contributed by atoms with Gasteiger partial charge in [0, 0.05) is 22.2 Å². The van der Waals surface area contributed by atoms with Crippen LogP contribution in [0.5, 0.6) is 5.75 Å². The molecule has 10 heteroatoms. The summed E-state index contributed by atoms with van der Waals surface area (Å²) in [5.74, 6) is -0.555. The lowest BCUT2D eigenvalue weighted by Gasteiger charge is -2.08. The van der Waals surface area contributed by atoms with Gasteiger partial charge in [0.2, 0.25) is 0 Å². The minimum Gasteiger partial charge on any atom is -0.484 e. The van der Waals surface area contributed by atoms with Crippen LogP contribution in [0.2, 0.25) is 5.15 Å². The zero-order chi connectivity index (χ0) is 28.1. The zero-order valence-electron chi connectivity index (χ0n) is 20.7. The minimum atomic E-state index is -0.427. The van der Waals surface area contributed by atoms with Gasteiger partial charge in [-0.25, -0.2) is 4.98 Å². The number of anilines is 1. The van der Waals surface area contributed by atoms with Crippen LogP contribution in [0.25, 0.3) is 23.1 Å². The molecule has 0 spiro atoms. The summed E-state index contributed by atoms with van der Waals surface area (Å²) in [6, 6.07) is 22.7. The number of carbonyl (C=O) groups is 4. The van der Waals surface area contributed by atoms with Crippen LogP contribution in [0, 0.1) is 0 Å². The molecular formula is C30H20ClN3O5S. The van der Waals surface area contributed by atoms with Gasteiger partial charge in [0.05, 0.1) is 10.4 Å². The van der Waals surface area contributed by atoms with Crippen molar-refractivity contribution in [3.63, 3.8) is 0 Å². The average molecular weight is 570 g/mol. The lowest BCUT2D eigenvalue weighted by molar-refractivity contribution is -0.118. The number of nitrogens with one attached hydrogen (secondary N) is 2. The summed E-state index contributed by atoms with van der Waals surface area (Å²) in [7, 11) is 0. The number of allylic oxidation sites excluding steroid dienone is 1. The Hall–Kier alpha value is -4.73. The number of hydrogen-bond acceptors (Lipinski definition) is 7. The molecule has 1 aliphatic heterocycles. The fraction of sp³-hybridized carbons (Fsp3) is 0.0333. The second-order valence-electron chi connectivity index (χ2n) is 8.59. The number of carbonyl (C=O) groups excluding carboxylic acids is 4. The van der Waals surface area contributed by atoms with Crippen molar-refractivity contribution >= 4 is 74.9 Å². The van der Waals surface area contributed by atoms with Crippen LogP contribution in [0.3, 0.4) is 0 Å². The molecule has 5 rings (SSSR count). The molecule has 4 aromatic rings. The van der Waals surface area contributed by atoms with Crippen molar-refractivity contribution in [1.29, 1.82) is 0 Å². The SMILES string of the molecule is O=C(COc1ccc(/C=C2\SC(=O)NC2=O)cc1)Nc1ccc(C(=O)/C=C/c2cc3ccccc3nc2Cl)cc1. The van der Waals surface area contributed by atoms with Gasteiger partial charge in [0.15, 0.2) is 12.4 Å². The molecule has 0 aliphatic carbocycles. The van der Waals surface area contributed by atoms with Crippen LogP contribution in [0.1, 0.15) is 21.5 Å². The summed E-state index contributed by atoms with van der Waals surface area (Å²) < 4.78 is 5.53. The van der Waals surface area contributed by atoms with Crippen LogP contribution in [0.4, 0.5) is 10.5 Å². The standard InChI is InChI=1S/C30H20ClN3O5S/c31-28-21(16-20-3-1-2-4-24(20)33-28)9-14-25(35)19-7-10-22(11-8-19)32-27(36)17-39-23-12-5-18(6-13-23)15-26-29(37)34-30(38)40-26/h1-16H,17H2,(H,32,36)(H,34,37,38)/b14-9+,26-15-. The Morgan fingerprint density at radius 2 is 1.75 bits per heavy atom. The molecule has 2 N–H and O–H groups in total. The average Bonchev–Trinajstić information content (AvgIpc) is 3.27. The molecule has 3 amide bonds. The Bertz CT molecular complexity index is 1700. The molecule has 2 heterocycles. The van der Waals surface area contributed by atoms with E-state index in [0.717, 1.165) is 22.7 Å². The number of para-hydroxylation sites is 1. The third-order valence-electron chi connectivity index (χ3n) is 5.76.